The Kier molecular flexibility index (Phi) is 2.46. The molecule has 1 heteroatoms. The van der Waals surface area contributed by atoms with E-state index in [1.807, 2.05) is 0 Å². The molecular formula is C12H20O. The highest BCUT2D eigenvalue weighted by Crippen LogP contribution is 2.43. The molecule has 0 radical (unpaired) electrons. The molecule has 2 aliphatic carbocycles. The van der Waals surface area contributed by atoms with E-state index in [4.69, 9.17) is 0 Å². The van der Waals surface area contributed by atoms with E-state index in [0.717, 1.165) is 12.3 Å². The van der Waals surface area contributed by atoms with Gasteiger partial charge in [-0.15, -0.1) is 0 Å². The smallest absolute Gasteiger partial charge is 0.0755 e. The van der Waals surface area contributed by atoms with Crippen molar-refractivity contribution in [1.82, 2.24) is 0 Å². The van der Waals surface area contributed by atoms with Gasteiger partial charge in [-0.05, 0) is 43.6 Å². The molecule has 0 amide bonds. The molecular weight excluding hydrogens is 160 g/mol. The van der Waals surface area contributed by atoms with Crippen molar-refractivity contribution in [2.24, 2.45) is 11.8 Å². The lowest BCUT2D eigenvalue weighted by atomic mass is 9.86. The Bertz CT molecular complexity index is 229. The second kappa shape index (κ2) is 3.45. The molecule has 0 heterocycles. The molecule has 1 N–H and O–H groups in total. The fraction of sp³-hybridized carbons (Fsp3) is 0.833. The van der Waals surface area contributed by atoms with Crippen molar-refractivity contribution in [3.63, 3.8) is 0 Å². The van der Waals surface area contributed by atoms with E-state index in [9.17, 15) is 5.11 Å². The number of aliphatic hydroxyl groups excluding tert-OH is 1. The first-order valence-corrected chi connectivity index (χ1v) is 5.57. The van der Waals surface area contributed by atoms with Gasteiger partial charge in [0, 0.05) is 0 Å². The summed E-state index contributed by atoms with van der Waals surface area (Å²) in [4.78, 5) is 0. The molecule has 0 aliphatic heterocycles. The number of rotatable bonds is 0. The summed E-state index contributed by atoms with van der Waals surface area (Å²) in [7, 11) is 0. The van der Waals surface area contributed by atoms with Gasteiger partial charge < -0.3 is 5.11 Å². The fourth-order valence-electron chi connectivity index (χ4n) is 3.10. The number of fused-ring (bicyclic) bond motifs is 1. The van der Waals surface area contributed by atoms with Crippen LogP contribution in [-0.2, 0) is 0 Å². The third kappa shape index (κ3) is 1.54. The summed E-state index contributed by atoms with van der Waals surface area (Å²) in [5, 5.41) is 9.99. The van der Waals surface area contributed by atoms with Gasteiger partial charge in [0.25, 0.3) is 0 Å². The maximum Gasteiger partial charge on any atom is 0.0755 e. The number of hydrogen-bond acceptors (Lipinski definition) is 1. The number of hydrogen-bond donors (Lipinski definition) is 1. The summed E-state index contributed by atoms with van der Waals surface area (Å²) in [5.74, 6) is 1.50. The number of allylic oxidation sites excluding steroid dienone is 1. The van der Waals surface area contributed by atoms with Crippen LogP contribution in [0.15, 0.2) is 11.1 Å². The molecule has 74 valence electrons. The van der Waals surface area contributed by atoms with Gasteiger partial charge in [-0.25, -0.2) is 0 Å². The minimum atomic E-state index is -0.113. The van der Waals surface area contributed by atoms with Crippen molar-refractivity contribution in [3.05, 3.63) is 11.1 Å². The van der Waals surface area contributed by atoms with Gasteiger partial charge in [0.15, 0.2) is 0 Å². The van der Waals surface area contributed by atoms with Crippen LogP contribution in [0.2, 0.25) is 0 Å². The highest BCUT2D eigenvalue weighted by atomic mass is 16.3. The van der Waals surface area contributed by atoms with Gasteiger partial charge in [0.2, 0.25) is 0 Å². The van der Waals surface area contributed by atoms with E-state index in [1.54, 1.807) is 0 Å². The zero-order valence-electron chi connectivity index (χ0n) is 8.71. The van der Waals surface area contributed by atoms with E-state index in [0.29, 0.717) is 5.92 Å². The van der Waals surface area contributed by atoms with Crippen LogP contribution < -0.4 is 0 Å². The van der Waals surface area contributed by atoms with Crippen molar-refractivity contribution >= 4 is 0 Å². The van der Waals surface area contributed by atoms with Gasteiger partial charge in [0.05, 0.1) is 6.10 Å². The van der Waals surface area contributed by atoms with Crippen molar-refractivity contribution in [1.29, 1.82) is 0 Å². The molecule has 0 aromatic heterocycles. The highest BCUT2D eigenvalue weighted by Gasteiger charge is 2.33. The molecule has 3 atom stereocenters. The van der Waals surface area contributed by atoms with Crippen LogP contribution in [-0.4, -0.2) is 11.2 Å². The molecule has 13 heavy (non-hydrogen) atoms. The molecule has 2 rings (SSSR count). The Morgan fingerprint density at radius 3 is 2.77 bits per heavy atom. The first kappa shape index (κ1) is 9.26. The quantitative estimate of drug-likeness (QED) is 0.568. The largest absolute Gasteiger partial charge is 0.389 e. The SMILES string of the molecule is CC1=C2C(O)CCCC(C)C2CC1. The Morgan fingerprint density at radius 2 is 2.00 bits per heavy atom. The molecule has 0 aromatic carbocycles. The Balaban J connectivity index is 2.28. The molecule has 0 saturated heterocycles. The first-order chi connectivity index (χ1) is 6.20. The Morgan fingerprint density at radius 1 is 1.23 bits per heavy atom. The molecule has 1 nitrogen and oxygen atoms in total. The van der Waals surface area contributed by atoms with Crippen LogP contribution in [0.1, 0.15) is 46.0 Å². The lowest BCUT2D eigenvalue weighted by Crippen LogP contribution is -2.16. The predicted molar refractivity (Wildman–Crippen MR) is 54.4 cm³/mol. The van der Waals surface area contributed by atoms with Crippen LogP contribution >= 0.6 is 0 Å². The van der Waals surface area contributed by atoms with E-state index < -0.39 is 0 Å². The van der Waals surface area contributed by atoms with E-state index in [-0.39, 0.29) is 6.10 Å². The van der Waals surface area contributed by atoms with Gasteiger partial charge in [-0.1, -0.05) is 25.3 Å². The summed E-state index contributed by atoms with van der Waals surface area (Å²) in [5.41, 5.74) is 2.89. The van der Waals surface area contributed by atoms with Gasteiger partial charge in [-0.2, -0.15) is 0 Å². The van der Waals surface area contributed by atoms with Crippen LogP contribution in [0.25, 0.3) is 0 Å². The highest BCUT2D eigenvalue weighted by molar-refractivity contribution is 5.26. The Labute approximate surface area is 80.8 Å². The molecule has 0 bridgehead atoms. The zero-order chi connectivity index (χ0) is 9.42. The maximum absolute atomic E-state index is 9.99. The summed E-state index contributed by atoms with van der Waals surface area (Å²) < 4.78 is 0. The van der Waals surface area contributed by atoms with E-state index >= 15 is 0 Å². The molecule has 1 saturated carbocycles. The third-order valence-electron chi connectivity index (χ3n) is 3.91. The Hall–Kier alpha value is -0.300. The van der Waals surface area contributed by atoms with Crippen LogP contribution in [0.3, 0.4) is 0 Å². The second-order valence-corrected chi connectivity index (χ2v) is 4.80. The van der Waals surface area contributed by atoms with Crippen molar-refractivity contribution in [3.8, 4) is 0 Å². The van der Waals surface area contributed by atoms with E-state index in [2.05, 4.69) is 13.8 Å². The van der Waals surface area contributed by atoms with Crippen molar-refractivity contribution < 1.29 is 5.11 Å². The second-order valence-electron chi connectivity index (χ2n) is 4.80. The molecule has 2 aliphatic rings. The van der Waals surface area contributed by atoms with Crippen LogP contribution in [0.4, 0.5) is 0 Å². The zero-order valence-corrected chi connectivity index (χ0v) is 8.71. The van der Waals surface area contributed by atoms with Gasteiger partial charge in [-0.3, -0.25) is 0 Å². The number of aliphatic hydroxyl groups is 1. The molecule has 1 fully saturated rings. The monoisotopic (exact) mass is 180 g/mol. The first-order valence-electron chi connectivity index (χ1n) is 5.57. The van der Waals surface area contributed by atoms with Crippen LogP contribution in [0, 0.1) is 11.8 Å². The fourth-order valence-corrected chi connectivity index (χ4v) is 3.10. The minimum absolute atomic E-state index is 0.113. The minimum Gasteiger partial charge on any atom is -0.389 e. The van der Waals surface area contributed by atoms with Gasteiger partial charge in [0.1, 0.15) is 0 Å². The normalized spacial score (nSPS) is 40.4. The molecule has 0 aromatic rings. The third-order valence-corrected chi connectivity index (χ3v) is 3.91. The summed E-state index contributed by atoms with van der Waals surface area (Å²) >= 11 is 0. The lowest BCUT2D eigenvalue weighted by Gasteiger charge is -2.21. The van der Waals surface area contributed by atoms with E-state index in [1.165, 1.54) is 36.8 Å². The average Bonchev–Trinajstić information content (AvgIpc) is 2.40. The van der Waals surface area contributed by atoms with Crippen molar-refractivity contribution in [2.75, 3.05) is 0 Å². The molecule has 3 unspecified atom stereocenters. The van der Waals surface area contributed by atoms with Crippen LogP contribution in [0.5, 0.6) is 0 Å². The maximum atomic E-state index is 9.99. The summed E-state index contributed by atoms with van der Waals surface area (Å²) in [6.45, 7) is 4.55. The lowest BCUT2D eigenvalue weighted by molar-refractivity contribution is 0.192. The average molecular weight is 180 g/mol. The summed E-state index contributed by atoms with van der Waals surface area (Å²) in [6.07, 6.45) is 5.90. The van der Waals surface area contributed by atoms with Crippen molar-refractivity contribution in [2.45, 2.75) is 52.1 Å². The predicted octanol–water partition coefficient (Wildman–Crippen LogP) is 2.89. The summed E-state index contributed by atoms with van der Waals surface area (Å²) in [6, 6.07) is 0. The standard InChI is InChI=1S/C12H20O/c1-8-4-3-5-11(13)12-9(2)6-7-10(8)12/h8,10-11,13H,3-7H2,1-2H3. The van der Waals surface area contributed by atoms with Gasteiger partial charge >= 0.3 is 0 Å². The molecule has 0 spiro atoms. The topological polar surface area (TPSA) is 20.2 Å².